The van der Waals surface area contributed by atoms with Crippen LogP contribution in [0, 0.1) is 0 Å². The molecule has 6 heteroatoms. The van der Waals surface area contributed by atoms with Crippen molar-refractivity contribution in [1.82, 2.24) is 9.21 Å². The third kappa shape index (κ3) is 3.17. The molecule has 0 saturated carbocycles. The Morgan fingerprint density at radius 3 is 2.70 bits per heavy atom. The number of hydrogen-bond acceptors (Lipinski definition) is 3. The minimum absolute atomic E-state index is 0.201. The maximum atomic E-state index is 12.7. The van der Waals surface area contributed by atoms with Crippen LogP contribution in [0.25, 0.3) is 0 Å². The Morgan fingerprint density at radius 1 is 1.40 bits per heavy atom. The van der Waals surface area contributed by atoms with Crippen LogP contribution in [-0.2, 0) is 15.9 Å². The highest BCUT2D eigenvalue weighted by atomic mass is 35.5. The predicted octanol–water partition coefficient (Wildman–Crippen LogP) is 2.14. The molecule has 1 atom stereocenters. The molecule has 1 fully saturated rings. The number of nitrogens with zero attached hydrogens (tertiary/aromatic N) is 2. The van der Waals surface area contributed by atoms with Crippen molar-refractivity contribution in [2.75, 3.05) is 27.2 Å². The van der Waals surface area contributed by atoms with Gasteiger partial charge in [0.25, 0.3) is 0 Å². The number of hydrogen-bond donors (Lipinski definition) is 0. The summed E-state index contributed by atoms with van der Waals surface area (Å²) in [5.41, 5.74) is 0.654. The Morgan fingerprint density at radius 2 is 2.10 bits per heavy atom. The molecule has 1 saturated heterocycles. The zero-order valence-electron chi connectivity index (χ0n) is 11.9. The second kappa shape index (κ2) is 6.43. The van der Waals surface area contributed by atoms with Crippen LogP contribution in [-0.4, -0.2) is 50.8 Å². The quantitative estimate of drug-likeness (QED) is 0.781. The Labute approximate surface area is 126 Å². The minimum atomic E-state index is -3.47. The average molecular weight is 317 g/mol. The maximum Gasteiger partial charge on any atom is 0.243 e. The number of sulfonamides is 1. The van der Waals surface area contributed by atoms with Crippen LogP contribution in [0.2, 0.25) is 0 Å². The zero-order chi connectivity index (χ0) is 14.8. The molecule has 0 radical (unpaired) electrons. The van der Waals surface area contributed by atoms with E-state index in [2.05, 4.69) is 4.90 Å². The van der Waals surface area contributed by atoms with Crippen molar-refractivity contribution < 1.29 is 8.42 Å². The molecule has 0 bridgehead atoms. The van der Waals surface area contributed by atoms with E-state index >= 15 is 0 Å². The largest absolute Gasteiger partial charge is 0.302 e. The number of benzene rings is 1. The summed E-state index contributed by atoms with van der Waals surface area (Å²) < 4.78 is 26.8. The SMILES string of the molecule is CN1CCCC1CN(C)S(=O)(=O)c1ccccc1CCl. The Kier molecular flexibility index (Phi) is 5.07. The molecular formula is C14H21ClN2O2S. The topological polar surface area (TPSA) is 40.6 Å². The molecule has 1 heterocycles. The van der Waals surface area contributed by atoms with Crippen LogP contribution in [0.3, 0.4) is 0 Å². The van der Waals surface area contributed by atoms with Crippen molar-refractivity contribution >= 4 is 21.6 Å². The lowest BCUT2D eigenvalue weighted by Gasteiger charge is -2.26. The summed E-state index contributed by atoms with van der Waals surface area (Å²) in [6.07, 6.45) is 2.18. The number of halogens is 1. The molecule has 1 aromatic rings. The molecule has 0 amide bonds. The van der Waals surface area contributed by atoms with Crippen LogP contribution in [0.15, 0.2) is 29.2 Å². The average Bonchev–Trinajstić information content (AvgIpc) is 2.84. The second-order valence-corrected chi connectivity index (χ2v) is 7.58. The van der Waals surface area contributed by atoms with Gasteiger partial charge in [-0.1, -0.05) is 18.2 Å². The molecule has 4 nitrogen and oxygen atoms in total. The summed E-state index contributed by atoms with van der Waals surface area (Å²) in [7, 11) is 0.221. The van der Waals surface area contributed by atoms with Gasteiger partial charge in [-0.15, -0.1) is 11.6 Å². The van der Waals surface area contributed by atoms with E-state index in [4.69, 9.17) is 11.6 Å². The first-order valence-electron chi connectivity index (χ1n) is 6.77. The van der Waals surface area contributed by atoms with Crippen LogP contribution >= 0.6 is 11.6 Å². The molecule has 0 aromatic heterocycles. The Hall–Kier alpha value is -0.620. The molecule has 0 aliphatic carbocycles. The van der Waals surface area contributed by atoms with Gasteiger partial charge in [0.15, 0.2) is 0 Å². The molecule has 20 heavy (non-hydrogen) atoms. The van der Waals surface area contributed by atoms with E-state index < -0.39 is 10.0 Å². The van der Waals surface area contributed by atoms with Crippen molar-refractivity contribution in [3.8, 4) is 0 Å². The van der Waals surface area contributed by atoms with E-state index in [0.29, 0.717) is 23.0 Å². The van der Waals surface area contributed by atoms with Gasteiger partial charge in [-0.2, -0.15) is 4.31 Å². The predicted molar refractivity (Wildman–Crippen MR) is 81.5 cm³/mol. The first kappa shape index (κ1) is 15.8. The lowest BCUT2D eigenvalue weighted by atomic mass is 10.2. The van der Waals surface area contributed by atoms with Gasteiger partial charge in [0.1, 0.15) is 0 Å². The van der Waals surface area contributed by atoms with Gasteiger partial charge in [0, 0.05) is 25.5 Å². The standard InChI is InChI=1S/C14H21ClN2O2S/c1-16-9-5-7-13(16)11-17(2)20(18,19)14-8-4-3-6-12(14)10-15/h3-4,6,8,13H,5,7,9-11H2,1-2H3. The van der Waals surface area contributed by atoms with Crippen molar-refractivity contribution in [3.05, 3.63) is 29.8 Å². The van der Waals surface area contributed by atoms with Gasteiger partial charge >= 0.3 is 0 Å². The maximum absolute atomic E-state index is 12.7. The fourth-order valence-corrected chi connectivity index (χ4v) is 4.38. The van der Waals surface area contributed by atoms with Gasteiger partial charge in [-0.05, 0) is 38.1 Å². The number of likely N-dealkylation sites (N-methyl/N-ethyl adjacent to an activating group) is 2. The molecule has 0 spiro atoms. The Balaban J connectivity index is 2.21. The third-order valence-electron chi connectivity index (χ3n) is 3.94. The lowest BCUT2D eigenvalue weighted by molar-refractivity contribution is 0.271. The van der Waals surface area contributed by atoms with Gasteiger partial charge in [-0.3, -0.25) is 0 Å². The van der Waals surface area contributed by atoms with E-state index in [1.807, 2.05) is 13.1 Å². The van der Waals surface area contributed by atoms with E-state index in [9.17, 15) is 8.42 Å². The van der Waals surface area contributed by atoms with E-state index in [-0.39, 0.29) is 5.88 Å². The molecular weight excluding hydrogens is 296 g/mol. The molecule has 112 valence electrons. The fraction of sp³-hybridized carbons (Fsp3) is 0.571. The van der Waals surface area contributed by atoms with Crippen LogP contribution in [0.5, 0.6) is 0 Å². The number of rotatable bonds is 5. The first-order chi connectivity index (χ1) is 9.46. The minimum Gasteiger partial charge on any atom is -0.302 e. The van der Waals surface area contributed by atoms with Gasteiger partial charge in [0.2, 0.25) is 10.0 Å². The van der Waals surface area contributed by atoms with Gasteiger partial charge < -0.3 is 4.90 Å². The van der Waals surface area contributed by atoms with E-state index in [0.717, 1.165) is 19.4 Å². The molecule has 1 aromatic carbocycles. The van der Waals surface area contributed by atoms with Crippen LogP contribution < -0.4 is 0 Å². The summed E-state index contributed by atoms with van der Waals surface area (Å²) in [5.74, 6) is 0.201. The summed E-state index contributed by atoms with van der Waals surface area (Å²) in [4.78, 5) is 2.54. The highest BCUT2D eigenvalue weighted by Gasteiger charge is 2.29. The highest BCUT2D eigenvalue weighted by Crippen LogP contribution is 2.23. The van der Waals surface area contributed by atoms with Crippen molar-refractivity contribution in [1.29, 1.82) is 0 Å². The monoisotopic (exact) mass is 316 g/mol. The zero-order valence-corrected chi connectivity index (χ0v) is 13.5. The normalized spacial score (nSPS) is 20.7. The Bertz CT molecular complexity index is 562. The van der Waals surface area contributed by atoms with E-state index in [1.54, 1.807) is 25.2 Å². The summed E-state index contributed by atoms with van der Waals surface area (Å²) in [5, 5.41) is 0. The molecule has 0 N–H and O–H groups in total. The first-order valence-corrected chi connectivity index (χ1v) is 8.74. The fourth-order valence-electron chi connectivity index (χ4n) is 2.64. The lowest BCUT2D eigenvalue weighted by Crippen LogP contribution is -2.39. The molecule has 1 unspecified atom stereocenters. The van der Waals surface area contributed by atoms with Crippen LogP contribution in [0.4, 0.5) is 0 Å². The summed E-state index contributed by atoms with van der Waals surface area (Å²) in [6, 6.07) is 7.23. The molecule has 1 aliphatic heterocycles. The highest BCUT2D eigenvalue weighted by molar-refractivity contribution is 7.89. The number of likely N-dealkylation sites (tertiary alicyclic amines) is 1. The summed E-state index contributed by atoms with van der Waals surface area (Å²) >= 11 is 5.85. The number of alkyl halides is 1. The molecule has 2 rings (SSSR count). The smallest absolute Gasteiger partial charge is 0.243 e. The molecule has 1 aliphatic rings. The van der Waals surface area contributed by atoms with E-state index in [1.165, 1.54) is 4.31 Å². The second-order valence-electron chi connectivity index (χ2n) is 5.30. The van der Waals surface area contributed by atoms with Gasteiger partial charge in [0.05, 0.1) is 4.90 Å². The van der Waals surface area contributed by atoms with Gasteiger partial charge in [-0.25, -0.2) is 8.42 Å². The summed E-state index contributed by atoms with van der Waals surface area (Å²) in [6.45, 7) is 1.56. The van der Waals surface area contributed by atoms with Crippen molar-refractivity contribution in [3.63, 3.8) is 0 Å². The van der Waals surface area contributed by atoms with Crippen molar-refractivity contribution in [2.24, 2.45) is 0 Å². The van der Waals surface area contributed by atoms with Crippen LogP contribution in [0.1, 0.15) is 18.4 Å². The third-order valence-corrected chi connectivity index (χ3v) is 6.16. The van der Waals surface area contributed by atoms with Crippen molar-refractivity contribution in [2.45, 2.75) is 29.7 Å².